The van der Waals surface area contributed by atoms with Gasteiger partial charge in [-0.15, -0.1) is 11.3 Å². The molecule has 3 aromatic rings. The van der Waals surface area contributed by atoms with E-state index in [1.807, 2.05) is 25.2 Å². The first-order valence-corrected chi connectivity index (χ1v) is 10.9. The molecule has 1 unspecified atom stereocenters. The van der Waals surface area contributed by atoms with Crippen LogP contribution in [-0.2, 0) is 9.47 Å². The molecular formula is C21H25BrN2O4S. The zero-order chi connectivity index (χ0) is 20.8. The lowest BCUT2D eigenvalue weighted by molar-refractivity contribution is 0.0506. The average Bonchev–Trinajstić information content (AvgIpc) is 3.13. The van der Waals surface area contributed by atoms with Gasteiger partial charge in [-0.3, -0.25) is 0 Å². The van der Waals surface area contributed by atoms with Gasteiger partial charge in [-0.2, -0.15) is 0 Å². The third kappa shape index (κ3) is 5.33. The van der Waals surface area contributed by atoms with Gasteiger partial charge >= 0.3 is 0 Å². The first-order chi connectivity index (χ1) is 14.1. The number of aromatic nitrogens is 1. The number of aliphatic hydroxyl groups is 1. The normalized spacial score (nSPS) is 12.4. The van der Waals surface area contributed by atoms with Gasteiger partial charge in [0.25, 0.3) is 0 Å². The van der Waals surface area contributed by atoms with Crippen LogP contribution in [0.1, 0.15) is 17.2 Å². The maximum atomic E-state index is 8.94. The fraction of sp³-hybridized carbons (Fsp3) is 0.381. The van der Waals surface area contributed by atoms with Crippen molar-refractivity contribution in [2.45, 2.75) is 13.0 Å². The summed E-state index contributed by atoms with van der Waals surface area (Å²) in [5.74, 6) is 0.731. The summed E-state index contributed by atoms with van der Waals surface area (Å²) in [6.07, 6.45) is 0. The van der Waals surface area contributed by atoms with E-state index in [1.54, 1.807) is 18.4 Å². The number of methoxy groups -OCH3 is 1. The second-order valence-electron chi connectivity index (χ2n) is 6.53. The van der Waals surface area contributed by atoms with Crippen molar-refractivity contribution in [1.82, 2.24) is 10.3 Å². The van der Waals surface area contributed by atoms with E-state index in [2.05, 4.69) is 40.3 Å². The predicted octanol–water partition coefficient (Wildman–Crippen LogP) is 4.29. The Balaban J connectivity index is 1.89. The number of aliphatic hydroxyl groups excluding tert-OH is 1. The monoisotopic (exact) mass is 480 g/mol. The zero-order valence-corrected chi connectivity index (χ0v) is 19.1. The summed E-state index contributed by atoms with van der Waals surface area (Å²) in [5.41, 5.74) is 4.34. The highest BCUT2D eigenvalue weighted by molar-refractivity contribution is 9.10. The number of aryl methyl sites for hydroxylation is 1. The Morgan fingerprint density at radius 1 is 1.28 bits per heavy atom. The highest BCUT2D eigenvalue weighted by Crippen LogP contribution is 2.36. The molecule has 8 heteroatoms. The van der Waals surface area contributed by atoms with Crippen LogP contribution in [0.2, 0.25) is 0 Å². The van der Waals surface area contributed by atoms with Gasteiger partial charge in [0.2, 0.25) is 0 Å². The van der Waals surface area contributed by atoms with Gasteiger partial charge in [-0.05, 0) is 71.4 Å². The van der Waals surface area contributed by atoms with Crippen LogP contribution in [0.25, 0.3) is 20.8 Å². The van der Waals surface area contributed by atoms with Gasteiger partial charge in [0.15, 0.2) is 6.79 Å². The first kappa shape index (κ1) is 22.1. The SMILES string of the molecule is CNC(COCCO)c1cc2sc(-c3ccc(OCOC)c(Br)c3)nc2cc1C. The number of hydrogen-bond donors (Lipinski definition) is 2. The molecule has 1 heterocycles. The number of thiazole rings is 1. The lowest BCUT2D eigenvalue weighted by atomic mass is 10.0. The molecular weight excluding hydrogens is 456 g/mol. The van der Waals surface area contributed by atoms with Crippen LogP contribution in [-0.4, -0.2) is 50.9 Å². The van der Waals surface area contributed by atoms with Crippen LogP contribution in [0.4, 0.5) is 0 Å². The van der Waals surface area contributed by atoms with Gasteiger partial charge in [0, 0.05) is 12.7 Å². The van der Waals surface area contributed by atoms with E-state index in [-0.39, 0.29) is 19.4 Å². The number of nitrogens with zero attached hydrogens (tertiary/aromatic N) is 1. The van der Waals surface area contributed by atoms with E-state index in [1.165, 1.54) is 5.56 Å². The second-order valence-corrected chi connectivity index (χ2v) is 8.42. The Labute approximate surface area is 183 Å². The van der Waals surface area contributed by atoms with Crippen molar-refractivity contribution in [3.63, 3.8) is 0 Å². The molecule has 3 rings (SSSR count). The summed E-state index contributed by atoms with van der Waals surface area (Å²) in [5, 5.41) is 13.2. The number of likely N-dealkylation sites (N-methyl/N-ethyl adjacent to an activating group) is 1. The van der Waals surface area contributed by atoms with Crippen LogP contribution < -0.4 is 10.1 Å². The summed E-state index contributed by atoms with van der Waals surface area (Å²) in [6.45, 7) is 3.16. The minimum Gasteiger partial charge on any atom is -0.466 e. The zero-order valence-electron chi connectivity index (χ0n) is 16.7. The van der Waals surface area contributed by atoms with E-state index in [0.717, 1.165) is 36.6 Å². The van der Waals surface area contributed by atoms with Crippen LogP contribution in [0, 0.1) is 6.92 Å². The molecule has 1 atom stereocenters. The van der Waals surface area contributed by atoms with Gasteiger partial charge in [-0.1, -0.05) is 0 Å². The molecule has 0 aliphatic rings. The minimum absolute atomic E-state index is 0.0253. The number of nitrogens with one attached hydrogen (secondary N) is 1. The Kier molecular flexibility index (Phi) is 7.99. The third-order valence-corrected chi connectivity index (χ3v) is 6.22. The van der Waals surface area contributed by atoms with Crippen LogP contribution >= 0.6 is 27.3 Å². The largest absolute Gasteiger partial charge is 0.466 e. The summed E-state index contributed by atoms with van der Waals surface area (Å²) in [6, 6.07) is 10.3. The summed E-state index contributed by atoms with van der Waals surface area (Å²) >= 11 is 5.21. The number of hydrogen-bond acceptors (Lipinski definition) is 7. The standard InChI is InChI=1S/C21H25BrN2O4S/c1-13-8-17-20(10-15(13)18(23-2)11-27-7-6-25)29-21(24-17)14-4-5-19(16(22)9-14)28-12-26-3/h4-5,8-10,18,23,25H,6-7,11-12H2,1-3H3. The first-order valence-electron chi connectivity index (χ1n) is 9.26. The van der Waals surface area contributed by atoms with Crippen molar-refractivity contribution >= 4 is 37.5 Å². The van der Waals surface area contributed by atoms with E-state index in [9.17, 15) is 0 Å². The molecule has 0 bridgehead atoms. The number of ether oxygens (including phenoxy) is 3. The maximum absolute atomic E-state index is 8.94. The lowest BCUT2D eigenvalue weighted by Crippen LogP contribution is -2.23. The topological polar surface area (TPSA) is 72.8 Å². The smallest absolute Gasteiger partial charge is 0.188 e. The van der Waals surface area contributed by atoms with E-state index >= 15 is 0 Å². The molecule has 1 aromatic heterocycles. The van der Waals surface area contributed by atoms with Gasteiger partial charge in [0.05, 0.1) is 40.6 Å². The predicted molar refractivity (Wildman–Crippen MR) is 120 cm³/mol. The number of halogens is 1. The summed E-state index contributed by atoms with van der Waals surface area (Å²) in [4.78, 5) is 4.83. The highest BCUT2D eigenvalue weighted by Gasteiger charge is 2.16. The summed E-state index contributed by atoms with van der Waals surface area (Å²) in [7, 11) is 3.51. The maximum Gasteiger partial charge on any atom is 0.188 e. The molecule has 2 aromatic carbocycles. The second kappa shape index (κ2) is 10.5. The van der Waals surface area contributed by atoms with Gasteiger partial charge < -0.3 is 24.6 Å². The quantitative estimate of drug-likeness (QED) is 0.333. The number of benzene rings is 2. The molecule has 0 fully saturated rings. The summed E-state index contributed by atoms with van der Waals surface area (Å²) < 4.78 is 18.0. The molecule has 0 aliphatic carbocycles. The molecule has 156 valence electrons. The van der Waals surface area contributed by atoms with Crippen LogP contribution in [0.15, 0.2) is 34.8 Å². The van der Waals surface area contributed by atoms with Crippen molar-refractivity contribution in [1.29, 1.82) is 0 Å². The number of fused-ring (bicyclic) bond motifs is 1. The molecule has 0 amide bonds. The highest BCUT2D eigenvalue weighted by atomic mass is 79.9. The molecule has 6 nitrogen and oxygen atoms in total. The fourth-order valence-electron chi connectivity index (χ4n) is 3.06. The molecule has 0 spiro atoms. The lowest BCUT2D eigenvalue weighted by Gasteiger charge is -2.18. The van der Waals surface area contributed by atoms with Crippen molar-refractivity contribution in [2.75, 3.05) is 40.8 Å². The molecule has 29 heavy (non-hydrogen) atoms. The molecule has 0 radical (unpaired) electrons. The Morgan fingerprint density at radius 3 is 2.79 bits per heavy atom. The van der Waals surface area contributed by atoms with Crippen LogP contribution in [0.3, 0.4) is 0 Å². The van der Waals surface area contributed by atoms with Gasteiger partial charge in [0.1, 0.15) is 10.8 Å². The van der Waals surface area contributed by atoms with Crippen molar-refractivity contribution < 1.29 is 19.3 Å². The number of rotatable bonds is 10. The van der Waals surface area contributed by atoms with Gasteiger partial charge in [-0.25, -0.2) is 4.98 Å². The average molecular weight is 481 g/mol. The Morgan fingerprint density at radius 2 is 2.10 bits per heavy atom. The minimum atomic E-state index is 0.0253. The van der Waals surface area contributed by atoms with Crippen molar-refractivity contribution in [2.24, 2.45) is 0 Å². The van der Waals surface area contributed by atoms with Crippen molar-refractivity contribution in [3.8, 4) is 16.3 Å². The molecule has 0 saturated heterocycles. The van der Waals surface area contributed by atoms with Crippen molar-refractivity contribution in [3.05, 3.63) is 45.9 Å². The van der Waals surface area contributed by atoms with Crippen LogP contribution in [0.5, 0.6) is 5.75 Å². The Hall–Kier alpha value is -1.55. The van der Waals surface area contributed by atoms with E-state index in [0.29, 0.717) is 13.2 Å². The third-order valence-electron chi connectivity index (χ3n) is 4.53. The molecule has 0 aliphatic heterocycles. The van der Waals surface area contributed by atoms with E-state index < -0.39 is 0 Å². The van der Waals surface area contributed by atoms with E-state index in [4.69, 9.17) is 24.3 Å². The molecule has 0 saturated carbocycles. The Bertz CT molecular complexity index is 963. The molecule has 2 N–H and O–H groups in total. The fourth-order valence-corrected chi connectivity index (χ4v) is 4.55.